The first-order chi connectivity index (χ1) is 7.76. The van der Waals surface area contributed by atoms with E-state index in [1.54, 1.807) is 0 Å². The SMILES string of the molecule is CC(NCC1(C#N)COC1)c1ccccc1. The average Bonchev–Trinajstić information content (AvgIpc) is 2.29. The highest BCUT2D eigenvalue weighted by atomic mass is 16.5. The second-order valence-corrected chi connectivity index (χ2v) is 4.40. The number of nitrogens with one attached hydrogen (secondary N) is 1. The third kappa shape index (κ3) is 2.24. The lowest BCUT2D eigenvalue weighted by atomic mass is 9.87. The van der Waals surface area contributed by atoms with Gasteiger partial charge in [-0.25, -0.2) is 0 Å². The van der Waals surface area contributed by atoms with E-state index in [1.165, 1.54) is 5.56 Å². The van der Waals surface area contributed by atoms with Crippen molar-refractivity contribution in [2.45, 2.75) is 13.0 Å². The van der Waals surface area contributed by atoms with Crippen LogP contribution in [0.2, 0.25) is 0 Å². The summed E-state index contributed by atoms with van der Waals surface area (Å²) in [5, 5.41) is 12.4. The Kier molecular flexibility index (Phi) is 3.23. The van der Waals surface area contributed by atoms with Gasteiger partial charge in [-0.05, 0) is 12.5 Å². The van der Waals surface area contributed by atoms with Crippen molar-refractivity contribution in [1.82, 2.24) is 5.32 Å². The molecule has 0 aliphatic carbocycles. The predicted octanol–water partition coefficient (Wildman–Crippen LogP) is 1.88. The molecule has 1 aromatic rings. The monoisotopic (exact) mass is 216 g/mol. The molecule has 1 unspecified atom stereocenters. The summed E-state index contributed by atoms with van der Waals surface area (Å²) in [6.45, 7) is 3.91. The van der Waals surface area contributed by atoms with Crippen molar-refractivity contribution in [3.05, 3.63) is 35.9 Å². The fraction of sp³-hybridized carbons (Fsp3) is 0.462. The first kappa shape index (κ1) is 11.1. The van der Waals surface area contributed by atoms with Gasteiger partial charge in [0.15, 0.2) is 0 Å². The second-order valence-electron chi connectivity index (χ2n) is 4.40. The van der Waals surface area contributed by atoms with E-state index in [1.807, 2.05) is 18.2 Å². The Labute approximate surface area is 96.0 Å². The Balaban J connectivity index is 1.89. The number of hydrogen-bond acceptors (Lipinski definition) is 3. The molecule has 0 bridgehead atoms. The molecule has 3 nitrogen and oxygen atoms in total. The summed E-state index contributed by atoms with van der Waals surface area (Å²) >= 11 is 0. The Hall–Kier alpha value is -1.37. The molecule has 84 valence electrons. The molecule has 1 aliphatic heterocycles. The summed E-state index contributed by atoms with van der Waals surface area (Å²) in [5.41, 5.74) is 0.944. The number of ether oxygens (including phenoxy) is 1. The molecule has 1 fully saturated rings. The first-order valence-electron chi connectivity index (χ1n) is 5.53. The molecule has 0 spiro atoms. The molecule has 1 N–H and O–H groups in total. The van der Waals surface area contributed by atoms with E-state index in [9.17, 15) is 0 Å². The second kappa shape index (κ2) is 4.65. The molecule has 1 saturated heterocycles. The van der Waals surface area contributed by atoms with Crippen LogP contribution in [0.4, 0.5) is 0 Å². The number of nitriles is 1. The molecular weight excluding hydrogens is 200 g/mol. The van der Waals surface area contributed by atoms with E-state index in [0.29, 0.717) is 19.8 Å². The van der Waals surface area contributed by atoms with Crippen LogP contribution in [0.5, 0.6) is 0 Å². The van der Waals surface area contributed by atoms with Gasteiger partial charge in [0.25, 0.3) is 0 Å². The Morgan fingerprint density at radius 3 is 2.62 bits per heavy atom. The highest BCUT2D eigenvalue weighted by molar-refractivity contribution is 5.18. The van der Waals surface area contributed by atoms with Crippen LogP contribution in [0.25, 0.3) is 0 Å². The minimum Gasteiger partial charge on any atom is -0.378 e. The Morgan fingerprint density at radius 1 is 1.44 bits per heavy atom. The largest absolute Gasteiger partial charge is 0.378 e. The molecule has 2 rings (SSSR count). The summed E-state index contributed by atoms with van der Waals surface area (Å²) in [7, 11) is 0. The molecule has 3 heteroatoms. The van der Waals surface area contributed by atoms with Gasteiger partial charge in [-0.15, -0.1) is 0 Å². The van der Waals surface area contributed by atoms with Gasteiger partial charge in [0.1, 0.15) is 5.41 Å². The van der Waals surface area contributed by atoms with E-state index in [2.05, 4.69) is 30.4 Å². The third-order valence-electron chi connectivity index (χ3n) is 3.04. The maximum Gasteiger partial charge on any atom is 0.116 e. The van der Waals surface area contributed by atoms with Crippen molar-refractivity contribution in [3.8, 4) is 6.07 Å². The zero-order valence-electron chi connectivity index (χ0n) is 9.44. The normalized spacial score (nSPS) is 19.5. The highest BCUT2D eigenvalue weighted by Gasteiger charge is 2.38. The quantitative estimate of drug-likeness (QED) is 0.835. The van der Waals surface area contributed by atoms with Crippen LogP contribution < -0.4 is 5.32 Å². The zero-order chi connectivity index (χ0) is 11.4. The molecule has 1 heterocycles. The van der Waals surface area contributed by atoms with Crippen molar-refractivity contribution in [1.29, 1.82) is 5.26 Å². The number of benzene rings is 1. The standard InChI is InChI=1S/C13H16N2O/c1-11(12-5-3-2-4-6-12)15-8-13(7-14)9-16-10-13/h2-6,11,15H,8-10H2,1H3. The Morgan fingerprint density at radius 2 is 2.12 bits per heavy atom. The summed E-state index contributed by atoms with van der Waals surface area (Å²) in [6, 6.07) is 12.8. The van der Waals surface area contributed by atoms with Gasteiger partial charge in [0.2, 0.25) is 0 Å². The third-order valence-corrected chi connectivity index (χ3v) is 3.04. The fourth-order valence-electron chi connectivity index (χ4n) is 1.76. The van der Waals surface area contributed by atoms with Gasteiger partial charge in [0.05, 0.1) is 19.3 Å². The van der Waals surface area contributed by atoms with Crippen molar-refractivity contribution in [3.63, 3.8) is 0 Å². The molecule has 1 aliphatic rings. The maximum atomic E-state index is 9.05. The van der Waals surface area contributed by atoms with E-state index < -0.39 is 0 Å². The van der Waals surface area contributed by atoms with Crippen LogP contribution in [0.15, 0.2) is 30.3 Å². The molecule has 0 radical (unpaired) electrons. The van der Waals surface area contributed by atoms with Crippen molar-refractivity contribution in [2.75, 3.05) is 19.8 Å². The summed E-state index contributed by atoms with van der Waals surface area (Å²) < 4.78 is 5.10. The minimum atomic E-state index is -0.303. The lowest BCUT2D eigenvalue weighted by Gasteiger charge is -2.36. The average molecular weight is 216 g/mol. The van der Waals surface area contributed by atoms with Crippen molar-refractivity contribution < 1.29 is 4.74 Å². The lowest BCUT2D eigenvalue weighted by molar-refractivity contribution is -0.0763. The summed E-state index contributed by atoms with van der Waals surface area (Å²) in [5.74, 6) is 0. The Bertz CT molecular complexity index is 379. The van der Waals surface area contributed by atoms with Crippen LogP contribution in [0.3, 0.4) is 0 Å². The molecular formula is C13H16N2O. The van der Waals surface area contributed by atoms with Crippen LogP contribution >= 0.6 is 0 Å². The molecule has 0 saturated carbocycles. The minimum absolute atomic E-state index is 0.270. The molecule has 0 amide bonds. The number of hydrogen-bond donors (Lipinski definition) is 1. The summed E-state index contributed by atoms with van der Waals surface area (Å²) in [4.78, 5) is 0. The van der Waals surface area contributed by atoms with Crippen LogP contribution in [0.1, 0.15) is 18.5 Å². The fourth-order valence-corrected chi connectivity index (χ4v) is 1.76. The van der Waals surface area contributed by atoms with Crippen molar-refractivity contribution >= 4 is 0 Å². The molecule has 1 atom stereocenters. The maximum absolute atomic E-state index is 9.05. The topological polar surface area (TPSA) is 45.0 Å². The first-order valence-corrected chi connectivity index (χ1v) is 5.53. The summed E-state index contributed by atoms with van der Waals surface area (Å²) in [6.07, 6.45) is 0. The van der Waals surface area contributed by atoms with Crippen LogP contribution in [-0.2, 0) is 4.74 Å². The van der Waals surface area contributed by atoms with E-state index in [0.717, 1.165) is 0 Å². The number of rotatable bonds is 4. The molecule has 0 aromatic heterocycles. The van der Waals surface area contributed by atoms with Crippen LogP contribution in [-0.4, -0.2) is 19.8 Å². The van der Waals surface area contributed by atoms with Gasteiger partial charge in [0, 0.05) is 12.6 Å². The lowest BCUT2D eigenvalue weighted by Crippen LogP contribution is -2.49. The van der Waals surface area contributed by atoms with Gasteiger partial charge in [-0.1, -0.05) is 30.3 Å². The van der Waals surface area contributed by atoms with E-state index in [-0.39, 0.29) is 11.5 Å². The van der Waals surface area contributed by atoms with E-state index in [4.69, 9.17) is 10.00 Å². The van der Waals surface area contributed by atoms with Gasteiger partial charge >= 0.3 is 0 Å². The zero-order valence-corrected chi connectivity index (χ0v) is 9.44. The van der Waals surface area contributed by atoms with Gasteiger partial charge < -0.3 is 10.1 Å². The van der Waals surface area contributed by atoms with Gasteiger partial charge in [-0.2, -0.15) is 5.26 Å². The molecule has 1 aromatic carbocycles. The number of nitrogens with zero attached hydrogens (tertiary/aromatic N) is 1. The van der Waals surface area contributed by atoms with E-state index >= 15 is 0 Å². The molecule has 16 heavy (non-hydrogen) atoms. The predicted molar refractivity (Wildman–Crippen MR) is 61.7 cm³/mol. The van der Waals surface area contributed by atoms with Crippen molar-refractivity contribution in [2.24, 2.45) is 5.41 Å². The smallest absolute Gasteiger partial charge is 0.116 e. The van der Waals surface area contributed by atoms with Crippen LogP contribution in [0, 0.1) is 16.7 Å². The highest BCUT2D eigenvalue weighted by Crippen LogP contribution is 2.26. The van der Waals surface area contributed by atoms with Gasteiger partial charge in [-0.3, -0.25) is 0 Å².